The van der Waals surface area contributed by atoms with E-state index in [-0.39, 0.29) is 0 Å². The molecule has 0 aliphatic carbocycles. The number of thiophene rings is 1. The molecule has 4 rings (SSSR count). The maximum atomic E-state index is 4.55. The van der Waals surface area contributed by atoms with Gasteiger partial charge in [-0.15, -0.1) is 11.3 Å². The average molecular weight is 289 g/mol. The first-order chi connectivity index (χ1) is 10.2. The number of nitrogens with zero attached hydrogens (tertiary/aromatic N) is 1. The molecule has 0 amide bonds. The van der Waals surface area contributed by atoms with Crippen LogP contribution in [0.4, 0.5) is 0 Å². The van der Waals surface area contributed by atoms with E-state index in [4.69, 9.17) is 0 Å². The molecule has 0 saturated carbocycles. The summed E-state index contributed by atoms with van der Waals surface area (Å²) in [4.78, 5) is 4.55. The summed E-state index contributed by atoms with van der Waals surface area (Å²) in [5.41, 5.74) is 4.82. The number of pyridine rings is 1. The molecule has 2 heterocycles. The molecule has 4 aromatic rings. The van der Waals surface area contributed by atoms with Crippen LogP contribution >= 0.6 is 11.3 Å². The first kappa shape index (κ1) is 12.5. The lowest BCUT2D eigenvalue weighted by molar-refractivity contribution is 1.28. The minimum absolute atomic E-state index is 1.06. The molecule has 0 saturated heterocycles. The Labute approximate surface area is 127 Å². The molecule has 0 unspecified atom stereocenters. The maximum Gasteiger partial charge on any atom is 0.0707 e. The van der Waals surface area contributed by atoms with E-state index in [9.17, 15) is 0 Å². The second kappa shape index (κ2) is 4.68. The van der Waals surface area contributed by atoms with Crippen LogP contribution < -0.4 is 0 Å². The summed E-state index contributed by atoms with van der Waals surface area (Å²) in [5, 5.41) is 2.67. The van der Waals surface area contributed by atoms with E-state index in [2.05, 4.69) is 61.3 Å². The highest BCUT2D eigenvalue weighted by Gasteiger charge is 2.10. The van der Waals surface area contributed by atoms with Crippen molar-refractivity contribution in [3.05, 3.63) is 65.9 Å². The Kier molecular flexibility index (Phi) is 2.79. The smallest absolute Gasteiger partial charge is 0.0707 e. The molecular formula is C19H15NS. The Hall–Kier alpha value is -2.19. The molecule has 0 aliphatic rings. The van der Waals surface area contributed by atoms with Gasteiger partial charge in [0.2, 0.25) is 0 Å². The highest BCUT2D eigenvalue weighted by atomic mass is 32.1. The molecule has 2 heteroatoms. The predicted octanol–water partition coefficient (Wildman–Crippen LogP) is 5.73. The van der Waals surface area contributed by atoms with E-state index >= 15 is 0 Å². The molecule has 2 aromatic carbocycles. The first-order valence-corrected chi connectivity index (χ1v) is 7.89. The Morgan fingerprint density at radius 3 is 2.57 bits per heavy atom. The van der Waals surface area contributed by atoms with Crippen LogP contribution in [-0.4, -0.2) is 4.98 Å². The molecule has 2 aromatic heterocycles. The molecule has 0 spiro atoms. The Morgan fingerprint density at radius 2 is 1.71 bits per heavy atom. The van der Waals surface area contributed by atoms with Crippen molar-refractivity contribution in [1.29, 1.82) is 0 Å². The monoisotopic (exact) mass is 289 g/mol. The van der Waals surface area contributed by atoms with Gasteiger partial charge >= 0.3 is 0 Å². The summed E-state index contributed by atoms with van der Waals surface area (Å²) in [6.45, 7) is 4.28. The van der Waals surface area contributed by atoms with E-state index in [1.807, 2.05) is 23.6 Å². The van der Waals surface area contributed by atoms with Crippen LogP contribution in [0.5, 0.6) is 0 Å². The van der Waals surface area contributed by atoms with Crippen molar-refractivity contribution in [2.24, 2.45) is 0 Å². The summed E-state index contributed by atoms with van der Waals surface area (Å²) >= 11 is 1.86. The van der Waals surface area contributed by atoms with Crippen LogP contribution in [0, 0.1) is 13.8 Å². The fraction of sp³-hybridized carbons (Fsp3) is 0.105. The van der Waals surface area contributed by atoms with E-state index < -0.39 is 0 Å². The van der Waals surface area contributed by atoms with Crippen LogP contribution in [-0.2, 0) is 0 Å². The van der Waals surface area contributed by atoms with Crippen LogP contribution in [0.25, 0.3) is 31.4 Å². The molecule has 0 atom stereocenters. The Balaban J connectivity index is 2.05. The largest absolute Gasteiger partial charge is 0.256 e. The van der Waals surface area contributed by atoms with Gasteiger partial charge in [0.25, 0.3) is 0 Å². The third kappa shape index (κ3) is 2.03. The summed E-state index contributed by atoms with van der Waals surface area (Å²) in [7, 11) is 0. The third-order valence-corrected chi connectivity index (χ3v) is 5.05. The van der Waals surface area contributed by atoms with Crippen molar-refractivity contribution in [2.75, 3.05) is 0 Å². The van der Waals surface area contributed by atoms with Gasteiger partial charge in [-0.05, 0) is 55.3 Å². The van der Waals surface area contributed by atoms with E-state index in [1.54, 1.807) is 0 Å². The number of fused-ring (bicyclic) bond motifs is 3. The topological polar surface area (TPSA) is 12.9 Å². The lowest BCUT2D eigenvalue weighted by atomic mass is 10.0. The third-order valence-electron chi connectivity index (χ3n) is 3.92. The number of rotatable bonds is 1. The zero-order valence-electron chi connectivity index (χ0n) is 12.1. The van der Waals surface area contributed by atoms with Gasteiger partial charge in [-0.2, -0.15) is 0 Å². The van der Waals surface area contributed by atoms with Gasteiger partial charge in [-0.25, -0.2) is 0 Å². The molecule has 0 N–H and O–H groups in total. The van der Waals surface area contributed by atoms with Crippen LogP contribution in [0.15, 0.2) is 54.7 Å². The molecule has 0 aliphatic heterocycles. The van der Waals surface area contributed by atoms with Gasteiger partial charge in [0, 0.05) is 31.9 Å². The minimum Gasteiger partial charge on any atom is -0.256 e. The van der Waals surface area contributed by atoms with Gasteiger partial charge in [-0.1, -0.05) is 18.2 Å². The number of hydrogen-bond donors (Lipinski definition) is 0. The summed E-state index contributed by atoms with van der Waals surface area (Å²) < 4.78 is 2.70. The van der Waals surface area contributed by atoms with Gasteiger partial charge in [0.1, 0.15) is 0 Å². The zero-order chi connectivity index (χ0) is 14.4. The predicted molar refractivity (Wildman–Crippen MR) is 92.0 cm³/mol. The summed E-state index contributed by atoms with van der Waals surface area (Å²) in [6.07, 6.45) is 1.89. The van der Waals surface area contributed by atoms with Crippen molar-refractivity contribution >= 4 is 31.5 Å². The van der Waals surface area contributed by atoms with Crippen molar-refractivity contribution in [3.8, 4) is 11.3 Å². The SMILES string of the molecule is Cc1ccnc(-c2cc3c(cc2C)sc2ccccc23)c1. The zero-order valence-corrected chi connectivity index (χ0v) is 12.9. The second-order valence-corrected chi connectivity index (χ2v) is 6.56. The van der Waals surface area contributed by atoms with Crippen LogP contribution in [0.1, 0.15) is 11.1 Å². The molecule has 0 bridgehead atoms. The second-order valence-electron chi connectivity index (χ2n) is 5.48. The summed E-state index contributed by atoms with van der Waals surface area (Å²) in [5.74, 6) is 0. The first-order valence-electron chi connectivity index (χ1n) is 7.07. The van der Waals surface area contributed by atoms with Gasteiger partial charge in [0.05, 0.1) is 5.69 Å². The average Bonchev–Trinajstić information content (AvgIpc) is 2.83. The molecular weight excluding hydrogens is 274 g/mol. The molecule has 0 fully saturated rings. The van der Waals surface area contributed by atoms with Crippen LogP contribution in [0.2, 0.25) is 0 Å². The highest BCUT2D eigenvalue weighted by molar-refractivity contribution is 7.25. The molecule has 21 heavy (non-hydrogen) atoms. The van der Waals surface area contributed by atoms with E-state index in [0.717, 1.165) is 5.69 Å². The van der Waals surface area contributed by atoms with Crippen molar-refractivity contribution in [3.63, 3.8) is 0 Å². The number of hydrogen-bond acceptors (Lipinski definition) is 2. The molecule has 102 valence electrons. The van der Waals surface area contributed by atoms with Crippen molar-refractivity contribution < 1.29 is 0 Å². The quantitative estimate of drug-likeness (QED) is 0.436. The maximum absolute atomic E-state index is 4.55. The van der Waals surface area contributed by atoms with Gasteiger partial charge < -0.3 is 0 Å². The number of aryl methyl sites for hydroxylation is 2. The van der Waals surface area contributed by atoms with Crippen molar-refractivity contribution in [1.82, 2.24) is 4.98 Å². The van der Waals surface area contributed by atoms with Gasteiger partial charge in [0.15, 0.2) is 0 Å². The van der Waals surface area contributed by atoms with E-state index in [0.29, 0.717) is 0 Å². The number of benzene rings is 2. The van der Waals surface area contributed by atoms with Crippen LogP contribution in [0.3, 0.4) is 0 Å². The molecule has 0 radical (unpaired) electrons. The number of aromatic nitrogens is 1. The van der Waals surface area contributed by atoms with Crippen molar-refractivity contribution in [2.45, 2.75) is 13.8 Å². The normalized spacial score (nSPS) is 11.3. The lowest BCUT2D eigenvalue weighted by Crippen LogP contribution is -1.87. The molecule has 1 nitrogen and oxygen atoms in total. The Bertz CT molecular complexity index is 966. The fourth-order valence-electron chi connectivity index (χ4n) is 2.83. The lowest BCUT2D eigenvalue weighted by Gasteiger charge is -2.07. The standard InChI is InChI=1S/C19H15NS/c1-12-7-8-20-17(9-12)15-11-16-14-5-3-4-6-18(14)21-19(16)10-13(15)2/h3-11H,1-2H3. The van der Waals surface area contributed by atoms with Gasteiger partial charge in [-0.3, -0.25) is 4.98 Å². The highest BCUT2D eigenvalue weighted by Crippen LogP contribution is 2.37. The minimum atomic E-state index is 1.06. The van der Waals surface area contributed by atoms with E-state index in [1.165, 1.54) is 36.9 Å². The fourth-order valence-corrected chi connectivity index (χ4v) is 4.02. The Morgan fingerprint density at radius 1 is 0.857 bits per heavy atom. The summed E-state index contributed by atoms with van der Waals surface area (Å²) in [6, 6.07) is 17.4.